The molecule has 1 aromatic carbocycles. The van der Waals surface area contributed by atoms with Crippen molar-refractivity contribution in [3.63, 3.8) is 0 Å². The molecule has 0 fully saturated rings. The van der Waals surface area contributed by atoms with Crippen LogP contribution in [0.15, 0.2) is 35.3 Å². The minimum absolute atomic E-state index is 0.0164. The zero-order chi connectivity index (χ0) is 9.84. The summed E-state index contributed by atoms with van der Waals surface area (Å²) in [7, 11) is 0. The highest BCUT2D eigenvalue weighted by Gasteiger charge is 2.06. The van der Waals surface area contributed by atoms with Gasteiger partial charge < -0.3 is 0 Å². The fourth-order valence-corrected chi connectivity index (χ4v) is 1.57. The van der Waals surface area contributed by atoms with E-state index in [0.717, 1.165) is 10.0 Å². The first kappa shape index (κ1) is 10.0. The Balaban J connectivity index is 3.20. The summed E-state index contributed by atoms with van der Waals surface area (Å²) in [5.74, 6) is 0.0164. The van der Waals surface area contributed by atoms with E-state index >= 15 is 0 Å². The molecule has 0 saturated heterocycles. The van der Waals surface area contributed by atoms with Crippen LogP contribution in [0.3, 0.4) is 0 Å². The summed E-state index contributed by atoms with van der Waals surface area (Å²) in [5.41, 5.74) is 1.64. The van der Waals surface area contributed by atoms with Crippen molar-refractivity contribution in [1.29, 1.82) is 5.26 Å². The Morgan fingerprint density at radius 3 is 2.77 bits per heavy atom. The van der Waals surface area contributed by atoms with Crippen LogP contribution in [-0.4, -0.2) is 0 Å². The topological polar surface area (TPSA) is 23.8 Å². The Morgan fingerprint density at radius 1 is 1.54 bits per heavy atom. The summed E-state index contributed by atoms with van der Waals surface area (Å²) in [6.07, 6.45) is 1.75. The number of nitrogens with zero attached hydrogens (tertiary/aromatic N) is 1. The van der Waals surface area contributed by atoms with E-state index in [9.17, 15) is 0 Å². The van der Waals surface area contributed by atoms with Crippen LogP contribution in [0.25, 0.3) is 0 Å². The van der Waals surface area contributed by atoms with Crippen LogP contribution in [0.5, 0.6) is 0 Å². The molecule has 1 aromatic rings. The fourth-order valence-electron chi connectivity index (χ4n) is 1.02. The summed E-state index contributed by atoms with van der Waals surface area (Å²) in [5, 5.41) is 8.70. The summed E-state index contributed by atoms with van der Waals surface area (Å²) in [6.45, 7) is 7.57. The maximum absolute atomic E-state index is 8.70. The molecule has 1 atom stereocenters. The second-order valence-electron chi connectivity index (χ2n) is 2.69. The second kappa shape index (κ2) is 4.25. The molecule has 0 saturated carbocycles. The van der Waals surface area contributed by atoms with Crippen LogP contribution < -0.4 is 0 Å². The molecule has 0 bridgehead atoms. The van der Waals surface area contributed by atoms with E-state index in [4.69, 9.17) is 5.26 Å². The first-order valence-electron chi connectivity index (χ1n) is 3.84. The van der Waals surface area contributed by atoms with E-state index in [1.54, 1.807) is 12.1 Å². The van der Waals surface area contributed by atoms with Crippen molar-refractivity contribution >= 4 is 15.9 Å². The standard InChI is InChI=1S/C11H9BrN/c1-3-8(2)10-6-9(7-13)4-5-11(10)12/h3-6,8H,1-2H2. The smallest absolute Gasteiger partial charge is 0.0991 e. The van der Waals surface area contributed by atoms with E-state index < -0.39 is 0 Å². The first-order chi connectivity index (χ1) is 6.19. The lowest BCUT2D eigenvalue weighted by Crippen LogP contribution is -1.91. The first-order valence-corrected chi connectivity index (χ1v) is 4.63. The van der Waals surface area contributed by atoms with Crippen LogP contribution in [0.4, 0.5) is 0 Å². The number of rotatable bonds is 2. The molecule has 0 heterocycles. The fraction of sp³-hybridized carbons (Fsp3) is 0.0909. The average molecular weight is 235 g/mol. The zero-order valence-electron chi connectivity index (χ0n) is 7.13. The van der Waals surface area contributed by atoms with Gasteiger partial charge in [0.25, 0.3) is 0 Å². The molecule has 13 heavy (non-hydrogen) atoms. The van der Waals surface area contributed by atoms with Crippen LogP contribution in [0.2, 0.25) is 0 Å². The summed E-state index contributed by atoms with van der Waals surface area (Å²) < 4.78 is 0.964. The van der Waals surface area contributed by atoms with Crippen molar-refractivity contribution in [2.24, 2.45) is 0 Å². The molecule has 0 amide bonds. The van der Waals surface area contributed by atoms with Crippen LogP contribution in [0.1, 0.15) is 17.0 Å². The Bertz CT molecular complexity index is 363. The van der Waals surface area contributed by atoms with E-state index in [1.165, 1.54) is 0 Å². The lowest BCUT2D eigenvalue weighted by molar-refractivity contribution is 1.07. The van der Waals surface area contributed by atoms with Crippen LogP contribution in [-0.2, 0) is 0 Å². The molecular formula is C11H9BrN. The molecular weight excluding hydrogens is 226 g/mol. The zero-order valence-corrected chi connectivity index (χ0v) is 8.71. The predicted molar refractivity (Wildman–Crippen MR) is 57.2 cm³/mol. The number of halogens is 1. The number of benzene rings is 1. The highest BCUT2D eigenvalue weighted by Crippen LogP contribution is 2.26. The van der Waals surface area contributed by atoms with Gasteiger partial charge in [0.2, 0.25) is 0 Å². The van der Waals surface area contributed by atoms with Gasteiger partial charge in [-0.1, -0.05) is 22.0 Å². The van der Waals surface area contributed by atoms with Gasteiger partial charge in [-0.05, 0) is 30.7 Å². The van der Waals surface area contributed by atoms with Crippen molar-refractivity contribution in [3.8, 4) is 6.07 Å². The van der Waals surface area contributed by atoms with Gasteiger partial charge in [0, 0.05) is 10.4 Å². The van der Waals surface area contributed by atoms with Gasteiger partial charge in [-0.3, -0.25) is 0 Å². The molecule has 0 aliphatic rings. The van der Waals surface area contributed by atoms with Gasteiger partial charge in [0.05, 0.1) is 11.6 Å². The minimum Gasteiger partial charge on any atom is -0.192 e. The molecule has 2 heteroatoms. The van der Waals surface area contributed by atoms with Gasteiger partial charge in [0.15, 0.2) is 0 Å². The highest BCUT2D eigenvalue weighted by atomic mass is 79.9. The van der Waals surface area contributed by atoms with Gasteiger partial charge in [-0.2, -0.15) is 5.26 Å². The van der Waals surface area contributed by atoms with Gasteiger partial charge in [-0.15, -0.1) is 6.58 Å². The summed E-state index contributed by atoms with van der Waals surface area (Å²) >= 11 is 3.40. The number of hydrogen-bond donors (Lipinski definition) is 0. The second-order valence-corrected chi connectivity index (χ2v) is 3.54. The van der Waals surface area contributed by atoms with Crippen LogP contribution >= 0.6 is 15.9 Å². The molecule has 1 rings (SSSR count). The highest BCUT2D eigenvalue weighted by molar-refractivity contribution is 9.10. The number of allylic oxidation sites excluding steroid dienone is 1. The third kappa shape index (κ3) is 2.19. The Labute approximate surface area is 86.8 Å². The van der Waals surface area contributed by atoms with Crippen molar-refractivity contribution in [1.82, 2.24) is 0 Å². The van der Waals surface area contributed by atoms with E-state index in [2.05, 4.69) is 35.5 Å². The quantitative estimate of drug-likeness (QED) is 0.720. The minimum atomic E-state index is 0.0164. The van der Waals surface area contributed by atoms with E-state index in [-0.39, 0.29) is 5.92 Å². The molecule has 0 spiro atoms. The number of nitriles is 1. The molecule has 1 unspecified atom stereocenters. The summed E-state index contributed by atoms with van der Waals surface area (Å²) in [6, 6.07) is 7.54. The monoisotopic (exact) mass is 234 g/mol. The van der Waals surface area contributed by atoms with E-state index in [1.807, 2.05) is 12.1 Å². The number of hydrogen-bond acceptors (Lipinski definition) is 1. The normalized spacial score (nSPS) is 11.8. The van der Waals surface area contributed by atoms with Crippen molar-refractivity contribution in [2.45, 2.75) is 5.92 Å². The summed E-state index contributed by atoms with van der Waals surface area (Å²) in [4.78, 5) is 0. The molecule has 1 radical (unpaired) electrons. The van der Waals surface area contributed by atoms with Crippen LogP contribution in [0, 0.1) is 18.3 Å². The lowest BCUT2D eigenvalue weighted by atomic mass is 10.00. The lowest BCUT2D eigenvalue weighted by Gasteiger charge is -2.08. The molecule has 1 nitrogen and oxygen atoms in total. The molecule has 0 aliphatic heterocycles. The maximum atomic E-state index is 8.70. The Morgan fingerprint density at radius 2 is 2.23 bits per heavy atom. The van der Waals surface area contributed by atoms with Crippen molar-refractivity contribution in [3.05, 3.63) is 53.4 Å². The van der Waals surface area contributed by atoms with Gasteiger partial charge >= 0.3 is 0 Å². The largest absolute Gasteiger partial charge is 0.192 e. The molecule has 0 aliphatic carbocycles. The van der Waals surface area contributed by atoms with E-state index in [0.29, 0.717) is 5.56 Å². The SMILES string of the molecule is [CH2]C(C=C)c1cc(C#N)ccc1Br. The average Bonchev–Trinajstić information content (AvgIpc) is 2.17. The predicted octanol–water partition coefficient (Wildman–Crippen LogP) is 3.42. The Kier molecular flexibility index (Phi) is 3.27. The van der Waals surface area contributed by atoms with Crippen molar-refractivity contribution in [2.75, 3.05) is 0 Å². The maximum Gasteiger partial charge on any atom is 0.0991 e. The molecule has 0 aromatic heterocycles. The third-order valence-corrected chi connectivity index (χ3v) is 2.53. The Hall–Kier alpha value is -1.07. The van der Waals surface area contributed by atoms with Gasteiger partial charge in [-0.25, -0.2) is 0 Å². The molecule has 65 valence electrons. The third-order valence-electron chi connectivity index (χ3n) is 1.81. The van der Waals surface area contributed by atoms with Gasteiger partial charge in [0.1, 0.15) is 0 Å². The molecule has 0 N–H and O–H groups in total. The van der Waals surface area contributed by atoms with Crippen molar-refractivity contribution < 1.29 is 0 Å².